The van der Waals surface area contributed by atoms with Crippen molar-refractivity contribution in [3.8, 4) is 0 Å². The Labute approximate surface area is 53.9 Å². The van der Waals surface area contributed by atoms with E-state index in [-0.39, 0.29) is 6.29 Å². The molecule has 1 aliphatic heterocycles. The lowest BCUT2D eigenvalue weighted by Gasteiger charge is -2.18. The summed E-state index contributed by atoms with van der Waals surface area (Å²) >= 11 is 0. The van der Waals surface area contributed by atoms with Crippen LogP contribution in [0, 0.1) is 0 Å². The fourth-order valence-electron chi connectivity index (χ4n) is 0.670. The van der Waals surface area contributed by atoms with E-state index in [9.17, 15) is 0 Å². The van der Waals surface area contributed by atoms with Crippen LogP contribution in [0.3, 0.4) is 0 Å². The highest BCUT2D eigenvalue weighted by Gasteiger charge is 2.11. The van der Waals surface area contributed by atoms with Crippen LogP contribution in [-0.2, 0) is 9.47 Å². The van der Waals surface area contributed by atoms with Crippen LogP contribution in [0.15, 0.2) is 12.2 Å². The molecule has 0 bridgehead atoms. The van der Waals surface area contributed by atoms with E-state index in [0.29, 0.717) is 6.61 Å². The van der Waals surface area contributed by atoms with Gasteiger partial charge in [0.15, 0.2) is 6.29 Å². The van der Waals surface area contributed by atoms with Crippen LogP contribution in [0.2, 0.25) is 0 Å². The first-order valence-corrected chi connectivity index (χ1v) is 2.83. The summed E-state index contributed by atoms with van der Waals surface area (Å²) < 4.78 is 9.80. The number of ether oxygens (including phenoxy) is 2. The summed E-state index contributed by atoms with van der Waals surface area (Å²) in [5.74, 6) is 0. The van der Waals surface area contributed by atoms with Gasteiger partial charge in [-0.15, -0.1) is 0 Å². The first kappa shape index (κ1) is 6.74. The lowest BCUT2D eigenvalue weighted by atomic mass is 10.3. The third-order valence-electron chi connectivity index (χ3n) is 1.15. The quantitative estimate of drug-likeness (QED) is 0.504. The van der Waals surface area contributed by atoms with Crippen molar-refractivity contribution >= 4 is 0 Å². The minimum Gasteiger partial charge on any atom is -0.387 e. The molecule has 3 heteroatoms. The Balaban J connectivity index is 2.38. The molecular weight excluding hydrogens is 120 g/mol. The van der Waals surface area contributed by atoms with Crippen molar-refractivity contribution in [2.75, 3.05) is 13.7 Å². The fraction of sp³-hybridized carbons (Fsp3) is 0.667. The molecule has 0 unspecified atom stereocenters. The van der Waals surface area contributed by atoms with Crippen molar-refractivity contribution < 1.29 is 14.6 Å². The highest BCUT2D eigenvalue weighted by atomic mass is 16.7. The molecule has 0 aromatic heterocycles. The Hall–Kier alpha value is -0.380. The van der Waals surface area contributed by atoms with Crippen LogP contribution in [0.1, 0.15) is 0 Å². The maximum Gasteiger partial charge on any atom is 0.176 e. The summed E-state index contributed by atoms with van der Waals surface area (Å²) in [6.45, 7) is 0.328. The van der Waals surface area contributed by atoms with Crippen molar-refractivity contribution in [1.82, 2.24) is 0 Å². The molecule has 0 saturated heterocycles. The van der Waals surface area contributed by atoms with Crippen molar-refractivity contribution in [2.45, 2.75) is 12.4 Å². The average Bonchev–Trinajstić information content (AvgIpc) is 1.90. The van der Waals surface area contributed by atoms with Gasteiger partial charge in [0, 0.05) is 7.11 Å². The molecular formula is C6H10O3. The summed E-state index contributed by atoms with van der Waals surface area (Å²) in [7, 11) is 1.56. The molecule has 0 saturated carbocycles. The number of aliphatic hydroxyl groups excluding tert-OH is 1. The molecule has 0 fully saturated rings. The van der Waals surface area contributed by atoms with Gasteiger partial charge in [0.05, 0.1) is 12.7 Å². The van der Waals surface area contributed by atoms with E-state index in [2.05, 4.69) is 0 Å². The van der Waals surface area contributed by atoms with E-state index >= 15 is 0 Å². The second-order valence-electron chi connectivity index (χ2n) is 1.89. The van der Waals surface area contributed by atoms with Gasteiger partial charge in [0.25, 0.3) is 0 Å². The zero-order chi connectivity index (χ0) is 6.69. The molecule has 1 heterocycles. The van der Waals surface area contributed by atoms with Crippen molar-refractivity contribution in [2.24, 2.45) is 0 Å². The molecule has 1 N–H and O–H groups in total. The number of methoxy groups -OCH3 is 1. The zero-order valence-electron chi connectivity index (χ0n) is 5.28. The van der Waals surface area contributed by atoms with Crippen LogP contribution in [0.5, 0.6) is 0 Å². The summed E-state index contributed by atoms with van der Waals surface area (Å²) in [4.78, 5) is 0. The molecule has 9 heavy (non-hydrogen) atoms. The van der Waals surface area contributed by atoms with E-state index in [4.69, 9.17) is 14.6 Å². The highest BCUT2D eigenvalue weighted by molar-refractivity contribution is 4.94. The Morgan fingerprint density at radius 3 is 2.89 bits per heavy atom. The van der Waals surface area contributed by atoms with Gasteiger partial charge in [0.1, 0.15) is 0 Å². The summed E-state index contributed by atoms with van der Waals surface area (Å²) in [6.07, 6.45) is 2.62. The number of rotatable bonds is 1. The second kappa shape index (κ2) is 2.96. The highest BCUT2D eigenvalue weighted by Crippen LogP contribution is 2.04. The van der Waals surface area contributed by atoms with Gasteiger partial charge in [0.2, 0.25) is 0 Å². The van der Waals surface area contributed by atoms with E-state index in [1.807, 2.05) is 0 Å². The average molecular weight is 130 g/mol. The monoisotopic (exact) mass is 130 g/mol. The fourth-order valence-corrected chi connectivity index (χ4v) is 0.670. The van der Waals surface area contributed by atoms with Crippen LogP contribution in [0.4, 0.5) is 0 Å². The molecule has 0 aliphatic carbocycles. The van der Waals surface area contributed by atoms with Gasteiger partial charge < -0.3 is 14.6 Å². The first-order chi connectivity index (χ1) is 4.33. The van der Waals surface area contributed by atoms with Gasteiger partial charge in [-0.05, 0) is 6.08 Å². The van der Waals surface area contributed by atoms with Crippen LogP contribution >= 0.6 is 0 Å². The summed E-state index contributed by atoms with van der Waals surface area (Å²) in [5, 5.41) is 8.86. The third kappa shape index (κ3) is 1.78. The molecule has 3 nitrogen and oxygen atoms in total. The lowest BCUT2D eigenvalue weighted by Crippen LogP contribution is -2.25. The molecule has 1 aliphatic rings. The van der Waals surface area contributed by atoms with E-state index < -0.39 is 6.10 Å². The molecule has 52 valence electrons. The van der Waals surface area contributed by atoms with Gasteiger partial charge in [-0.2, -0.15) is 0 Å². The predicted molar refractivity (Wildman–Crippen MR) is 31.9 cm³/mol. The van der Waals surface area contributed by atoms with Gasteiger partial charge in [-0.3, -0.25) is 0 Å². The van der Waals surface area contributed by atoms with Crippen molar-refractivity contribution in [3.63, 3.8) is 0 Å². The molecule has 0 radical (unpaired) electrons. The largest absolute Gasteiger partial charge is 0.387 e. The lowest BCUT2D eigenvalue weighted by molar-refractivity contribution is -0.115. The predicted octanol–water partition coefficient (Wildman–Crippen LogP) is -0.0938. The summed E-state index contributed by atoms with van der Waals surface area (Å²) in [6, 6.07) is 0. The third-order valence-corrected chi connectivity index (χ3v) is 1.15. The van der Waals surface area contributed by atoms with Crippen molar-refractivity contribution in [3.05, 3.63) is 12.2 Å². The molecule has 0 aromatic carbocycles. The normalized spacial score (nSPS) is 34.9. The van der Waals surface area contributed by atoms with Crippen LogP contribution in [-0.4, -0.2) is 31.2 Å². The summed E-state index contributed by atoms with van der Waals surface area (Å²) in [5.41, 5.74) is 0. The maximum absolute atomic E-state index is 8.86. The number of hydrogen-bond donors (Lipinski definition) is 1. The van der Waals surface area contributed by atoms with Crippen LogP contribution in [0.25, 0.3) is 0 Å². The standard InChI is InChI=1S/C6H10O3/c1-8-6-3-2-5(7)4-9-6/h2-3,5-7H,4H2,1H3/t5-,6-/m1/s1. The van der Waals surface area contributed by atoms with Gasteiger partial charge >= 0.3 is 0 Å². The molecule has 2 atom stereocenters. The topological polar surface area (TPSA) is 38.7 Å². The van der Waals surface area contributed by atoms with Gasteiger partial charge in [-0.1, -0.05) is 6.08 Å². The Morgan fingerprint density at radius 1 is 1.67 bits per heavy atom. The zero-order valence-corrected chi connectivity index (χ0v) is 5.28. The Kier molecular flexibility index (Phi) is 2.22. The number of hydrogen-bond acceptors (Lipinski definition) is 3. The van der Waals surface area contributed by atoms with Gasteiger partial charge in [-0.25, -0.2) is 0 Å². The smallest absolute Gasteiger partial charge is 0.176 e. The Morgan fingerprint density at radius 2 is 2.44 bits per heavy atom. The SMILES string of the molecule is CO[C@H]1C=C[C@@H](O)CO1. The van der Waals surface area contributed by atoms with E-state index in [0.717, 1.165) is 0 Å². The molecule has 0 aromatic rings. The minimum absolute atomic E-state index is 0.270. The van der Waals surface area contributed by atoms with Crippen molar-refractivity contribution in [1.29, 1.82) is 0 Å². The van der Waals surface area contributed by atoms with E-state index in [1.165, 1.54) is 0 Å². The first-order valence-electron chi connectivity index (χ1n) is 2.83. The molecule has 0 spiro atoms. The minimum atomic E-state index is -0.462. The molecule has 0 amide bonds. The Bertz CT molecular complexity index is 111. The van der Waals surface area contributed by atoms with Crippen LogP contribution < -0.4 is 0 Å². The molecule has 1 rings (SSSR count). The second-order valence-corrected chi connectivity index (χ2v) is 1.89. The van der Waals surface area contributed by atoms with E-state index in [1.54, 1.807) is 19.3 Å². The maximum atomic E-state index is 8.86. The number of aliphatic hydroxyl groups is 1.